The molecule has 2 rings (SSSR count). The van der Waals surface area contributed by atoms with Gasteiger partial charge in [-0.25, -0.2) is 25.5 Å². The standard InChI is InChI=1S/C11H16FNO3S.C9H12O4S.C2H6/c1-4-7-13(2)17(14,15)9-5-6-11(16-3)10(12)8-9;1-12-8-5-4-7(14(3,10)11)6-9(8)13-2;1-2/h5-6,8H,4,7H2,1-3H3;4-6H,1-3H3;1-2H3. The van der Waals surface area contributed by atoms with E-state index in [0.29, 0.717) is 24.5 Å². The third kappa shape index (κ3) is 8.82. The number of hydrogen-bond acceptors (Lipinski definition) is 7. The monoisotopic (exact) mass is 507 g/mol. The van der Waals surface area contributed by atoms with Crippen LogP contribution in [0.2, 0.25) is 0 Å². The number of sulfonamides is 1. The van der Waals surface area contributed by atoms with Gasteiger partial charge in [-0.05, 0) is 36.8 Å². The second kappa shape index (κ2) is 14.0. The fourth-order valence-corrected chi connectivity index (χ4v) is 4.38. The van der Waals surface area contributed by atoms with Gasteiger partial charge in [0.2, 0.25) is 10.0 Å². The molecule has 11 heteroatoms. The van der Waals surface area contributed by atoms with E-state index in [0.717, 1.165) is 12.3 Å². The Bertz CT molecular complexity index is 1090. The molecule has 2 aromatic rings. The molecule has 0 unspecified atom stereocenters. The molecule has 188 valence electrons. The number of methoxy groups -OCH3 is 3. The van der Waals surface area contributed by atoms with E-state index in [4.69, 9.17) is 14.2 Å². The normalized spacial score (nSPS) is 11.0. The number of rotatable bonds is 8. The minimum atomic E-state index is -3.61. The number of hydrogen-bond donors (Lipinski definition) is 0. The predicted octanol–water partition coefficient (Wildman–Crippen LogP) is 4.00. The number of ether oxygens (including phenoxy) is 3. The summed E-state index contributed by atoms with van der Waals surface area (Å²) < 4.78 is 75.7. The SMILES string of the molecule is CC.CCCN(C)S(=O)(=O)c1ccc(OC)c(F)c1.COc1ccc(S(C)(=O)=O)cc1OC. The molecule has 0 atom stereocenters. The van der Waals surface area contributed by atoms with E-state index >= 15 is 0 Å². The van der Waals surface area contributed by atoms with Crippen LogP contribution >= 0.6 is 0 Å². The van der Waals surface area contributed by atoms with Gasteiger partial charge in [0.15, 0.2) is 32.9 Å². The van der Waals surface area contributed by atoms with Gasteiger partial charge in [0.25, 0.3) is 0 Å². The van der Waals surface area contributed by atoms with Crippen LogP contribution in [0.3, 0.4) is 0 Å². The summed E-state index contributed by atoms with van der Waals surface area (Å²) in [5.41, 5.74) is 0. The second-order valence-electron chi connectivity index (χ2n) is 6.41. The highest BCUT2D eigenvalue weighted by Crippen LogP contribution is 2.29. The van der Waals surface area contributed by atoms with Crippen LogP contribution in [-0.2, 0) is 19.9 Å². The first-order valence-electron chi connectivity index (χ1n) is 10.1. The van der Waals surface area contributed by atoms with Gasteiger partial charge in [0.1, 0.15) is 0 Å². The molecule has 8 nitrogen and oxygen atoms in total. The van der Waals surface area contributed by atoms with Crippen LogP contribution in [-0.4, -0.2) is 62.3 Å². The molecule has 0 saturated heterocycles. The van der Waals surface area contributed by atoms with Crippen molar-refractivity contribution in [3.63, 3.8) is 0 Å². The molecule has 0 radical (unpaired) electrons. The van der Waals surface area contributed by atoms with Crippen LogP contribution in [0.25, 0.3) is 0 Å². The van der Waals surface area contributed by atoms with Crippen LogP contribution < -0.4 is 14.2 Å². The van der Waals surface area contributed by atoms with Crippen LogP contribution in [0, 0.1) is 5.82 Å². The summed E-state index contributed by atoms with van der Waals surface area (Å²) in [6.45, 7) is 6.27. The van der Waals surface area contributed by atoms with Crippen molar-refractivity contribution in [1.82, 2.24) is 4.31 Å². The lowest BCUT2D eigenvalue weighted by molar-refractivity contribution is 0.354. The zero-order valence-corrected chi connectivity index (χ0v) is 22.0. The van der Waals surface area contributed by atoms with E-state index in [2.05, 4.69) is 0 Å². The molecule has 0 aromatic heterocycles. The maximum Gasteiger partial charge on any atom is 0.242 e. The van der Waals surface area contributed by atoms with Crippen molar-refractivity contribution in [2.45, 2.75) is 37.0 Å². The minimum absolute atomic E-state index is 0.0297. The number of sulfone groups is 1. The summed E-state index contributed by atoms with van der Waals surface area (Å²) in [7, 11) is -1.04. The maximum atomic E-state index is 13.4. The Morgan fingerprint density at radius 3 is 1.73 bits per heavy atom. The van der Waals surface area contributed by atoms with Crippen molar-refractivity contribution < 1.29 is 35.4 Å². The highest BCUT2D eigenvalue weighted by Gasteiger charge is 2.21. The first-order chi connectivity index (χ1) is 15.4. The number of benzene rings is 2. The number of halogens is 1. The topological polar surface area (TPSA) is 99.2 Å². The van der Waals surface area contributed by atoms with Crippen molar-refractivity contribution in [1.29, 1.82) is 0 Å². The smallest absolute Gasteiger partial charge is 0.242 e. The van der Waals surface area contributed by atoms with E-state index < -0.39 is 25.7 Å². The molecule has 0 fully saturated rings. The molecule has 0 N–H and O–H groups in total. The summed E-state index contributed by atoms with van der Waals surface area (Å²) in [5.74, 6) is 0.274. The Balaban J connectivity index is 0.000000586. The molecule has 0 bridgehead atoms. The van der Waals surface area contributed by atoms with Gasteiger partial charge in [0, 0.05) is 25.9 Å². The molecule has 0 aliphatic rings. The highest BCUT2D eigenvalue weighted by molar-refractivity contribution is 7.90. The van der Waals surface area contributed by atoms with Gasteiger partial charge < -0.3 is 14.2 Å². The van der Waals surface area contributed by atoms with E-state index in [9.17, 15) is 21.2 Å². The van der Waals surface area contributed by atoms with E-state index in [-0.39, 0.29) is 15.5 Å². The van der Waals surface area contributed by atoms with Crippen molar-refractivity contribution in [2.24, 2.45) is 0 Å². The summed E-state index contributed by atoms with van der Waals surface area (Å²) in [5, 5.41) is 0. The quantitative estimate of drug-likeness (QED) is 0.532. The molecule has 33 heavy (non-hydrogen) atoms. The van der Waals surface area contributed by atoms with Gasteiger partial charge in [-0.1, -0.05) is 20.8 Å². The second-order valence-corrected chi connectivity index (χ2v) is 10.5. The largest absolute Gasteiger partial charge is 0.494 e. The zero-order chi connectivity index (χ0) is 25.8. The van der Waals surface area contributed by atoms with Gasteiger partial charge in [0.05, 0.1) is 31.1 Å². The van der Waals surface area contributed by atoms with Crippen LogP contribution in [0.1, 0.15) is 27.2 Å². The molecule has 0 spiro atoms. The summed E-state index contributed by atoms with van der Waals surface area (Å²) in [4.78, 5) is 0.155. The molecule has 0 heterocycles. The molecule has 0 saturated carbocycles. The van der Waals surface area contributed by atoms with Crippen molar-refractivity contribution in [2.75, 3.05) is 41.2 Å². The van der Waals surface area contributed by atoms with Crippen molar-refractivity contribution in [3.8, 4) is 17.2 Å². The summed E-state index contributed by atoms with van der Waals surface area (Å²) in [6, 6.07) is 8.10. The lowest BCUT2D eigenvalue weighted by Crippen LogP contribution is -2.27. The first kappa shape index (κ1) is 30.6. The zero-order valence-electron chi connectivity index (χ0n) is 20.4. The van der Waals surface area contributed by atoms with E-state index in [1.165, 1.54) is 56.9 Å². The molecule has 0 aliphatic carbocycles. The van der Waals surface area contributed by atoms with Gasteiger partial charge in [-0.2, -0.15) is 0 Å². The highest BCUT2D eigenvalue weighted by atomic mass is 32.2. The van der Waals surface area contributed by atoms with Crippen LogP contribution in [0.4, 0.5) is 4.39 Å². The Labute approximate surface area is 197 Å². The van der Waals surface area contributed by atoms with E-state index in [1.807, 2.05) is 20.8 Å². The average Bonchev–Trinajstić information content (AvgIpc) is 2.79. The minimum Gasteiger partial charge on any atom is -0.494 e. The lowest BCUT2D eigenvalue weighted by Gasteiger charge is -2.16. The van der Waals surface area contributed by atoms with Crippen LogP contribution in [0.15, 0.2) is 46.2 Å². The molecule has 0 aliphatic heterocycles. The number of nitrogens with zero attached hydrogens (tertiary/aromatic N) is 1. The van der Waals surface area contributed by atoms with Crippen molar-refractivity contribution in [3.05, 3.63) is 42.2 Å². The third-order valence-electron chi connectivity index (χ3n) is 4.15. The molecular weight excluding hydrogens is 473 g/mol. The van der Waals surface area contributed by atoms with Gasteiger partial charge >= 0.3 is 0 Å². The van der Waals surface area contributed by atoms with Gasteiger partial charge in [-0.3, -0.25) is 0 Å². The van der Waals surface area contributed by atoms with Crippen LogP contribution in [0.5, 0.6) is 17.2 Å². The summed E-state index contributed by atoms with van der Waals surface area (Å²) in [6.07, 6.45) is 1.85. The van der Waals surface area contributed by atoms with Gasteiger partial charge in [-0.15, -0.1) is 0 Å². The molecule has 0 amide bonds. The summed E-state index contributed by atoms with van der Waals surface area (Å²) >= 11 is 0. The lowest BCUT2D eigenvalue weighted by atomic mass is 10.3. The Morgan fingerprint density at radius 2 is 1.30 bits per heavy atom. The molecule has 2 aromatic carbocycles. The molecular formula is C22H34FNO7S2. The first-order valence-corrected chi connectivity index (χ1v) is 13.5. The predicted molar refractivity (Wildman–Crippen MR) is 127 cm³/mol. The fraction of sp³-hybridized carbons (Fsp3) is 0.455. The van der Waals surface area contributed by atoms with E-state index in [1.54, 1.807) is 6.07 Å². The average molecular weight is 508 g/mol. The maximum absolute atomic E-state index is 13.4. The Kier molecular flexibility index (Phi) is 13.0. The third-order valence-corrected chi connectivity index (χ3v) is 7.12. The van der Waals surface area contributed by atoms with Crippen molar-refractivity contribution >= 4 is 19.9 Å². The Morgan fingerprint density at radius 1 is 0.818 bits per heavy atom. The fourth-order valence-electron chi connectivity index (χ4n) is 2.47. The Hall–Kier alpha value is -2.37.